The van der Waals surface area contributed by atoms with Gasteiger partial charge in [0.1, 0.15) is 18.7 Å². The maximum absolute atomic E-state index is 13.1. The summed E-state index contributed by atoms with van der Waals surface area (Å²) in [6, 6.07) is 14.1. The standard InChI is InChI=1S/C28H36N2O5/c1-27(2,3)15-22(25(32)33)29-24(31)23(28(4,5)6)30-26(34)35-16-21-19-13-9-7-11-17(19)18-12-8-10-14-20(18)21/h7-14,21-23H,15-16H2,1-6H3,(H,29,31)(H,30,34)(H,32,33)/t22?,23-/m0/s1. The highest BCUT2D eigenvalue weighted by molar-refractivity contribution is 5.90. The van der Waals surface area contributed by atoms with Crippen molar-refractivity contribution < 1.29 is 24.2 Å². The van der Waals surface area contributed by atoms with E-state index in [-0.39, 0.29) is 24.4 Å². The smallest absolute Gasteiger partial charge is 0.407 e. The summed E-state index contributed by atoms with van der Waals surface area (Å²) in [6.07, 6.45) is -0.458. The highest BCUT2D eigenvalue weighted by Crippen LogP contribution is 2.44. The fraction of sp³-hybridized carbons (Fsp3) is 0.464. The maximum atomic E-state index is 13.1. The number of carboxylic acids is 1. The first-order valence-electron chi connectivity index (χ1n) is 11.9. The predicted octanol–water partition coefficient (Wildman–Crippen LogP) is 4.95. The van der Waals surface area contributed by atoms with Gasteiger partial charge in [0, 0.05) is 5.92 Å². The molecule has 0 saturated heterocycles. The number of amides is 2. The Bertz CT molecular complexity index is 1050. The van der Waals surface area contributed by atoms with Crippen LogP contribution in [0.4, 0.5) is 4.79 Å². The second-order valence-electron chi connectivity index (χ2n) is 11.4. The fourth-order valence-corrected chi connectivity index (χ4v) is 4.50. The lowest BCUT2D eigenvalue weighted by molar-refractivity contribution is -0.143. The molecular formula is C28H36N2O5. The van der Waals surface area contributed by atoms with Gasteiger partial charge in [-0.3, -0.25) is 4.79 Å². The molecule has 7 heteroatoms. The summed E-state index contributed by atoms with van der Waals surface area (Å²) < 4.78 is 5.60. The van der Waals surface area contributed by atoms with Crippen molar-refractivity contribution in [2.24, 2.45) is 10.8 Å². The Balaban J connectivity index is 1.70. The third-order valence-corrected chi connectivity index (χ3v) is 6.17. The number of nitrogens with one attached hydrogen (secondary N) is 2. The van der Waals surface area contributed by atoms with Gasteiger partial charge in [0.15, 0.2) is 0 Å². The Hall–Kier alpha value is -3.35. The van der Waals surface area contributed by atoms with Gasteiger partial charge in [0.25, 0.3) is 0 Å². The normalized spacial score (nSPS) is 14.9. The van der Waals surface area contributed by atoms with E-state index in [0.717, 1.165) is 22.3 Å². The van der Waals surface area contributed by atoms with Crippen molar-refractivity contribution in [1.82, 2.24) is 10.6 Å². The molecule has 0 heterocycles. The van der Waals surface area contributed by atoms with E-state index in [0.29, 0.717) is 0 Å². The Labute approximate surface area is 207 Å². The molecule has 0 spiro atoms. The second kappa shape index (κ2) is 10.1. The van der Waals surface area contributed by atoms with E-state index in [4.69, 9.17) is 4.74 Å². The number of alkyl carbamates (subject to hydrolysis) is 1. The van der Waals surface area contributed by atoms with E-state index >= 15 is 0 Å². The van der Waals surface area contributed by atoms with Crippen LogP contribution in [0.25, 0.3) is 11.1 Å². The van der Waals surface area contributed by atoms with Gasteiger partial charge >= 0.3 is 12.1 Å². The first-order valence-corrected chi connectivity index (χ1v) is 11.9. The molecule has 2 aromatic carbocycles. The van der Waals surface area contributed by atoms with Crippen LogP contribution in [0.3, 0.4) is 0 Å². The van der Waals surface area contributed by atoms with Crippen LogP contribution >= 0.6 is 0 Å². The molecule has 1 aliphatic rings. The fourth-order valence-electron chi connectivity index (χ4n) is 4.50. The van der Waals surface area contributed by atoms with E-state index in [1.807, 2.05) is 57.2 Å². The van der Waals surface area contributed by atoms with Crippen molar-refractivity contribution in [3.05, 3.63) is 59.7 Å². The number of carbonyl (C=O) groups is 3. The lowest BCUT2D eigenvalue weighted by Gasteiger charge is -2.32. The Morgan fingerprint density at radius 1 is 0.886 bits per heavy atom. The zero-order valence-corrected chi connectivity index (χ0v) is 21.3. The molecule has 0 aromatic heterocycles. The Morgan fingerprint density at radius 3 is 1.86 bits per heavy atom. The van der Waals surface area contributed by atoms with Crippen LogP contribution in [0.5, 0.6) is 0 Å². The van der Waals surface area contributed by atoms with Crippen LogP contribution in [0.15, 0.2) is 48.5 Å². The quantitative estimate of drug-likeness (QED) is 0.520. The Morgan fingerprint density at radius 2 is 1.40 bits per heavy atom. The topological polar surface area (TPSA) is 105 Å². The maximum Gasteiger partial charge on any atom is 0.407 e. The number of fused-ring (bicyclic) bond motifs is 3. The Kier molecular flexibility index (Phi) is 7.58. The lowest BCUT2D eigenvalue weighted by Crippen LogP contribution is -2.57. The molecule has 2 amide bonds. The van der Waals surface area contributed by atoms with Crippen molar-refractivity contribution in [3.63, 3.8) is 0 Å². The van der Waals surface area contributed by atoms with Crippen LogP contribution in [-0.4, -0.2) is 41.8 Å². The van der Waals surface area contributed by atoms with Gasteiger partial charge in [-0.2, -0.15) is 0 Å². The highest BCUT2D eigenvalue weighted by atomic mass is 16.5. The summed E-state index contributed by atoms with van der Waals surface area (Å²) in [4.78, 5) is 37.6. The average molecular weight is 481 g/mol. The number of ether oxygens (including phenoxy) is 1. The van der Waals surface area contributed by atoms with Gasteiger partial charge in [0.05, 0.1) is 0 Å². The summed E-state index contributed by atoms with van der Waals surface area (Å²) in [5.41, 5.74) is 3.48. The molecule has 3 N–H and O–H groups in total. The molecule has 0 radical (unpaired) electrons. The number of carboxylic acid groups (broad SMARTS) is 1. The summed E-state index contributed by atoms with van der Waals surface area (Å²) in [5.74, 6) is -1.76. The first kappa shape index (κ1) is 26.3. The highest BCUT2D eigenvalue weighted by Gasteiger charge is 2.37. The zero-order chi connectivity index (χ0) is 26.0. The van der Waals surface area contributed by atoms with E-state index in [2.05, 4.69) is 22.8 Å². The van der Waals surface area contributed by atoms with E-state index < -0.39 is 35.5 Å². The summed E-state index contributed by atoms with van der Waals surface area (Å²) >= 11 is 0. The molecule has 0 fully saturated rings. The van der Waals surface area contributed by atoms with E-state index in [1.165, 1.54) is 0 Å². The van der Waals surface area contributed by atoms with Crippen LogP contribution in [0, 0.1) is 10.8 Å². The molecule has 188 valence electrons. The van der Waals surface area contributed by atoms with Crippen molar-refractivity contribution in [1.29, 1.82) is 0 Å². The average Bonchev–Trinajstić information content (AvgIpc) is 3.07. The van der Waals surface area contributed by atoms with Crippen LogP contribution in [0.1, 0.15) is 65.0 Å². The molecule has 1 unspecified atom stereocenters. The molecular weight excluding hydrogens is 444 g/mol. The minimum atomic E-state index is -1.11. The van der Waals surface area contributed by atoms with Gasteiger partial charge in [-0.15, -0.1) is 0 Å². The summed E-state index contributed by atoms with van der Waals surface area (Å²) in [6.45, 7) is 11.3. The number of benzene rings is 2. The number of rotatable bonds is 7. The number of aliphatic carboxylic acids is 1. The largest absolute Gasteiger partial charge is 0.480 e. The van der Waals surface area contributed by atoms with Crippen LogP contribution < -0.4 is 10.6 Å². The minimum Gasteiger partial charge on any atom is -0.480 e. The first-order chi connectivity index (χ1) is 16.3. The minimum absolute atomic E-state index is 0.0989. The molecule has 0 saturated carbocycles. The molecule has 1 aliphatic carbocycles. The van der Waals surface area contributed by atoms with Gasteiger partial charge < -0.3 is 20.5 Å². The van der Waals surface area contributed by atoms with Crippen molar-refractivity contribution in [3.8, 4) is 11.1 Å². The third-order valence-electron chi connectivity index (χ3n) is 6.17. The van der Waals surface area contributed by atoms with Crippen LogP contribution in [0.2, 0.25) is 0 Å². The number of hydrogen-bond donors (Lipinski definition) is 3. The molecule has 7 nitrogen and oxygen atoms in total. The number of hydrogen-bond acceptors (Lipinski definition) is 4. The van der Waals surface area contributed by atoms with E-state index in [9.17, 15) is 19.5 Å². The monoisotopic (exact) mass is 480 g/mol. The molecule has 35 heavy (non-hydrogen) atoms. The molecule has 3 rings (SSSR count). The van der Waals surface area contributed by atoms with Gasteiger partial charge in [-0.05, 0) is 39.5 Å². The molecule has 0 aliphatic heterocycles. The molecule has 2 atom stereocenters. The zero-order valence-electron chi connectivity index (χ0n) is 21.3. The number of carbonyl (C=O) groups excluding carboxylic acids is 2. The second-order valence-corrected chi connectivity index (χ2v) is 11.4. The van der Waals surface area contributed by atoms with E-state index in [1.54, 1.807) is 20.8 Å². The van der Waals surface area contributed by atoms with Crippen LogP contribution in [-0.2, 0) is 14.3 Å². The SMILES string of the molecule is CC(C)(C)CC(NC(=O)[C@H](NC(=O)OCC1c2ccccc2-c2ccccc21)C(C)(C)C)C(=O)O. The van der Waals surface area contributed by atoms with Gasteiger partial charge in [0.2, 0.25) is 5.91 Å². The molecule has 2 aromatic rings. The predicted molar refractivity (Wildman–Crippen MR) is 135 cm³/mol. The van der Waals surface area contributed by atoms with Crippen molar-refractivity contribution in [2.45, 2.75) is 66.0 Å². The van der Waals surface area contributed by atoms with Crippen molar-refractivity contribution in [2.75, 3.05) is 6.61 Å². The third kappa shape index (κ3) is 6.41. The summed E-state index contributed by atoms with van der Waals surface area (Å²) in [5, 5.41) is 14.9. The van der Waals surface area contributed by atoms with Gasteiger partial charge in [-0.25, -0.2) is 9.59 Å². The van der Waals surface area contributed by atoms with Gasteiger partial charge in [-0.1, -0.05) is 90.1 Å². The lowest BCUT2D eigenvalue weighted by atomic mass is 9.85. The summed E-state index contributed by atoms with van der Waals surface area (Å²) in [7, 11) is 0. The van der Waals surface area contributed by atoms with Crippen molar-refractivity contribution >= 4 is 18.0 Å². The molecule has 0 bridgehead atoms.